The molecule has 3 rings (SSSR count). The van der Waals surface area contributed by atoms with E-state index in [0.717, 1.165) is 31.6 Å². The van der Waals surface area contributed by atoms with Crippen molar-refractivity contribution in [2.45, 2.75) is 37.3 Å². The maximum atomic E-state index is 12.9. The molecule has 100 valence electrons. The van der Waals surface area contributed by atoms with Crippen molar-refractivity contribution in [3.05, 3.63) is 30.1 Å². The van der Waals surface area contributed by atoms with Crippen molar-refractivity contribution in [1.29, 1.82) is 5.26 Å². The third-order valence-corrected chi connectivity index (χ3v) is 4.39. The molecule has 2 heterocycles. The molecule has 0 amide bonds. The van der Waals surface area contributed by atoms with Gasteiger partial charge in [-0.05, 0) is 50.1 Å². The molecule has 2 atom stereocenters. The first-order valence-corrected chi connectivity index (χ1v) is 6.93. The van der Waals surface area contributed by atoms with Gasteiger partial charge in [0.15, 0.2) is 0 Å². The number of hydrogen-bond donors (Lipinski definition) is 1. The summed E-state index contributed by atoms with van der Waals surface area (Å²) in [5.41, 5.74) is 0.313. The molecule has 0 radical (unpaired) electrons. The number of anilines is 1. The van der Waals surface area contributed by atoms with Crippen LogP contribution in [0.3, 0.4) is 0 Å². The van der Waals surface area contributed by atoms with Gasteiger partial charge in [-0.1, -0.05) is 6.42 Å². The van der Waals surface area contributed by atoms with Gasteiger partial charge in [0, 0.05) is 18.3 Å². The second-order valence-corrected chi connectivity index (χ2v) is 5.51. The Labute approximate surface area is 113 Å². The molecular weight excluding hydrogens is 241 g/mol. The number of benzene rings is 1. The highest BCUT2D eigenvalue weighted by atomic mass is 19.1. The van der Waals surface area contributed by atoms with Crippen LogP contribution in [0.25, 0.3) is 0 Å². The molecule has 0 saturated carbocycles. The first-order chi connectivity index (χ1) is 9.23. The molecule has 0 spiro atoms. The minimum absolute atomic E-state index is 0.248. The molecule has 2 aliphatic heterocycles. The van der Waals surface area contributed by atoms with E-state index < -0.39 is 5.54 Å². The molecule has 3 nitrogen and oxygen atoms in total. The van der Waals surface area contributed by atoms with Crippen LogP contribution in [0.5, 0.6) is 0 Å². The fraction of sp³-hybridized carbons (Fsp3) is 0.533. The Morgan fingerprint density at radius 1 is 1.26 bits per heavy atom. The number of piperidine rings is 1. The predicted molar refractivity (Wildman–Crippen MR) is 72.2 cm³/mol. The van der Waals surface area contributed by atoms with Crippen LogP contribution < -0.4 is 5.32 Å². The standard InChI is InChI=1S/C15H18FN3/c16-12-4-6-13(7-5-12)18-15(11-17)8-10-19-9-2-1-3-14(15)19/h4-7,14,18H,1-3,8-10H2. The fourth-order valence-corrected chi connectivity index (χ4v) is 3.40. The van der Waals surface area contributed by atoms with Crippen molar-refractivity contribution in [2.24, 2.45) is 0 Å². The summed E-state index contributed by atoms with van der Waals surface area (Å²) in [4.78, 5) is 2.42. The second kappa shape index (κ2) is 4.82. The second-order valence-electron chi connectivity index (χ2n) is 5.51. The van der Waals surface area contributed by atoms with Gasteiger partial charge in [-0.25, -0.2) is 4.39 Å². The molecule has 19 heavy (non-hydrogen) atoms. The summed E-state index contributed by atoms with van der Waals surface area (Å²) in [5, 5.41) is 13.0. The van der Waals surface area contributed by atoms with E-state index in [0.29, 0.717) is 0 Å². The predicted octanol–water partition coefficient (Wildman–Crippen LogP) is 2.76. The van der Waals surface area contributed by atoms with Gasteiger partial charge in [-0.3, -0.25) is 4.90 Å². The topological polar surface area (TPSA) is 39.1 Å². The summed E-state index contributed by atoms with van der Waals surface area (Å²) in [6.45, 7) is 2.08. The lowest BCUT2D eigenvalue weighted by atomic mass is 9.86. The van der Waals surface area contributed by atoms with E-state index >= 15 is 0 Å². The summed E-state index contributed by atoms with van der Waals surface area (Å²) >= 11 is 0. The molecule has 0 aliphatic carbocycles. The average Bonchev–Trinajstić information content (AvgIpc) is 2.81. The summed E-state index contributed by atoms with van der Waals surface area (Å²) in [6, 6.07) is 9.06. The molecule has 1 aromatic rings. The number of halogens is 1. The highest BCUT2D eigenvalue weighted by Crippen LogP contribution is 2.37. The van der Waals surface area contributed by atoms with Gasteiger partial charge >= 0.3 is 0 Å². The average molecular weight is 259 g/mol. The third kappa shape index (κ3) is 2.19. The van der Waals surface area contributed by atoms with Gasteiger partial charge in [-0.15, -0.1) is 0 Å². The van der Waals surface area contributed by atoms with Crippen molar-refractivity contribution in [3.8, 4) is 6.07 Å². The normalized spacial score (nSPS) is 30.6. The molecule has 1 aromatic carbocycles. The fourth-order valence-electron chi connectivity index (χ4n) is 3.40. The summed E-state index contributed by atoms with van der Waals surface area (Å²) in [7, 11) is 0. The highest BCUT2D eigenvalue weighted by molar-refractivity contribution is 5.49. The maximum absolute atomic E-state index is 12.9. The Kier molecular flexibility index (Phi) is 3.16. The largest absolute Gasteiger partial charge is 0.366 e. The zero-order valence-corrected chi connectivity index (χ0v) is 10.9. The monoisotopic (exact) mass is 259 g/mol. The van der Waals surface area contributed by atoms with Crippen molar-refractivity contribution >= 4 is 5.69 Å². The van der Waals surface area contributed by atoms with Crippen LogP contribution in [-0.2, 0) is 0 Å². The Hall–Kier alpha value is -1.60. The van der Waals surface area contributed by atoms with Gasteiger partial charge in [0.05, 0.1) is 6.07 Å². The lowest BCUT2D eigenvalue weighted by Crippen LogP contribution is -2.50. The molecule has 2 saturated heterocycles. The summed E-state index contributed by atoms with van der Waals surface area (Å²) in [6.07, 6.45) is 4.33. The van der Waals surface area contributed by atoms with E-state index in [1.807, 2.05) is 0 Å². The zero-order valence-electron chi connectivity index (χ0n) is 10.9. The number of nitrogens with zero attached hydrogens (tertiary/aromatic N) is 2. The van der Waals surface area contributed by atoms with E-state index in [9.17, 15) is 9.65 Å². The number of fused-ring (bicyclic) bond motifs is 1. The number of hydrogen-bond acceptors (Lipinski definition) is 3. The third-order valence-electron chi connectivity index (χ3n) is 4.39. The van der Waals surface area contributed by atoms with E-state index in [2.05, 4.69) is 16.3 Å². The van der Waals surface area contributed by atoms with Crippen LogP contribution in [-0.4, -0.2) is 29.6 Å². The SMILES string of the molecule is N#CC1(Nc2ccc(F)cc2)CCN2CCCCC21. The molecular formula is C15H18FN3. The molecule has 2 fully saturated rings. The van der Waals surface area contributed by atoms with E-state index in [4.69, 9.17) is 0 Å². The first-order valence-electron chi connectivity index (χ1n) is 6.93. The quantitative estimate of drug-likeness (QED) is 0.887. The van der Waals surface area contributed by atoms with Crippen LogP contribution in [0, 0.1) is 17.1 Å². The molecule has 0 aromatic heterocycles. The van der Waals surface area contributed by atoms with Gasteiger partial charge < -0.3 is 5.32 Å². The van der Waals surface area contributed by atoms with Gasteiger partial charge in [0.25, 0.3) is 0 Å². The maximum Gasteiger partial charge on any atom is 0.142 e. The van der Waals surface area contributed by atoms with Gasteiger partial charge in [0.2, 0.25) is 0 Å². The van der Waals surface area contributed by atoms with E-state index in [1.165, 1.54) is 25.0 Å². The zero-order chi connectivity index (χ0) is 13.3. The smallest absolute Gasteiger partial charge is 0.142 e. The Balaban J connectivity index is 1.83. The van der Waals surface area contributed by atoms with Crippen LogP contribution in [0.1, 0.15) is 25.7 Å². The van der Waals surface area contributed by atoms with Crippen LogP contribution in [0.15, 0.2) is 24.3 Å². The lowest BCUT2D eigenvalue weighted by Gasteiger charge is -2.37. The van der Waals surface area contributed by atoms with Gasteiger partial charge in [-0.2, -0.15) is 5.26 Å². The Morgan fingerprint density at radius 3 is 2.79 bits per heavy atom. The van der Waals surface area contributed by atoms with Crippen molar-refractivity contribution in [1.82, 2.24) is 4.90 Å². The number of nitrogens with one attached hydrogen (secondary N) is 1. The summed E-state index contributed by atoms with van der Waals surface area (Å²) < 4.78 is 12.9. The van der Waals surface area contributed by atoms with Crippen molar-refractivity contribution < 1.29 is 4.39 Å². The highest BCUT2D eigenvalue weighted by Gasteiger charge is 2.48. The summed E-state index contributed by atoms with van der Waals surface area (Å²) in [5.74, 6) is -0.248. The molecule has 0 bridgehead atoms. The minimum atomic E-state index is -0.516. The first kappa shape index (κ1) is 12.4. The molecule has 1 N–H and O–H groups in total. The van der Waals surface area contributed by atoms with Crippen molar-refractivity contribution in [3.63, 3.8) is 0 Å². The minimum Gasteiger partial charge on any atom is -0.366 e. The van der Waals surface area contributed by atoms with E-state index in [1.54, 1.807) is 12.1 Å². The molecule has 2 unspecified atom stereocenters. The molecule has 4 heteroatoms. The number of nitriles is 1. The van der Waals surface area contributed by atoms with Crippen LogP contribution in [0.4, 0.5) is 10.1 Å². The van der Waals surface area contributed by atoms with Crippen LogP contribution in [0.2, 0.25) is 0 Å². The Bertz CT molecular complexity index is 493. The number of rotatable bonds is 2. The van der Waals surface area contributed by atoms with Gasteiger partial charge in [0.1, 0.15) is 11.4 Å². The van der Waals surface area contributed by atoms with Crippen LogP contribution >= 0.6 is 0 Å². The molecule has 2 aliphatic rings. The van der Waals surface area contributed by atoms with Crippen molar-refractivity contribution in [2.75, 3.05) is 18.4 Å². The lowest BCUT2D eigenvalue weighted by molar-refractivity contribution is 0.180. The van der Waals surface area contributed by atoms with E-state index in [-0.39, 0.29) is 11.9 Å². The Morgan fingerprint density at radius 2 is 2.05 bits per heavy atom.